The number of hydrogen-bond acceptors (Lipinski definition) is 6. The molecule has 0 aliphatic carbocycles. The number of phenols is 1. The van der Waals surface area contributed by atoms with Crippen LogP contribution >= 0.6 is 56.5 Å². The van der Waals surface area contributed by atoms with Gasteiger partial charge in [-0.3, -0.25) is 14.2 Å². The molecule has 1 atom stereocenters. The summed E-state index contributed by atoms with van der Waals surface area (Å²) in [5.74, 6) is 0.606. The number of nitrogens with one attached hydrogen (secondary N) is 1. The van der Waals surface area contributed by atoms with E-state index in [4.69, 9.17) is 9.73 Å². The second-order valence-electron chi connectivity index (χ2n) is 8.74. The first-order chi connectivity index (χ1) is 18.8. The van der Waals surface area contributed by atoms with Gasteiger partial charge in [0.05, 0.1) is 35.6 Å². The van der Waals surface area contributed by atoms with Gasteiger partial charge in [-0.25, -0.2) is 4.99 Å². The lowest BCUT2D eigenvalue weighted by molar-refractivity contribution is -0.113. The molecule has 0 saturated carbocycles. The van der Waals surface area contributed by atoms with Crippen molar-refractivity contribution in [3.05, 3.63) is 116 Å². The zero-order valence-electron chi connectivity index (χ0n) is 20.9. The number of aromatic hydroxyl groups is 1. The molecular formula is C29H23I2N3O4S. The van der Waals surface area contributed by atoms with Gasteiger partial charge in [-0.2, -0.15) is 0 Å². The second-order valence-corrected chi connectivity index (χ2v) is 12.1. The Hall–Kier alpha value is -2.97. The van der Waals surface area contributed by atoms with E-state index in [9.17, 15) is 14.7 Å². The lowest BCUT2D eigenvalue weighted by atomic mass is 9.95. The van der Waals surface area contributed by atoms with Crippen LogP contribution in [0.5, 0.6) is 11.5 Å². The number of halogens is 2. The Kier molecular flexibility index (Phi) is 8.24. The lowest BCUT2D eigenvalue weighted by Gasteiger charge is -2.25. The minimum absolute atomic E-state index is 0.218. The Morgan fingerprint density at radius 2 is 1.79 bits per heavy atom. The first-order valence-corrected chi connectivity index (χ1v) is 15.0. The summed E-state index contributed by atoms with van der Waals surface area (Å²) in [7, 11) is 0. The van der Waals surface area contributed by atoms with E-state index in [-0.39, 0.29) is 17.2 Å². The van der Waals surface area contributed by atoms with Crippen LogP contribution in [-0.4, -0.2) is 22.2 Å². The highest BCUT2D eigenvalue weighted by Crippen LogP contribution is 2.32. The number of fused-ring (bicyclic) bond motifs is 1. The summed E-state index contributed by atoms with van der Waals surface area (Å²) in [5.41, 5.74) is 2.92. The third-order valence-corrected chi connectivity index (χ3v) is 8.77. The van der Waals surface area contributed by atoms with Crippen molar-refractivity contribution in [2.24, 2.45) is 4.99 Å². The van der Waals surface area contributed by atoms with Gasteiger partial charge < -0.3 is 15.2 Å². The van der Waals surface area contributed by atoms with E-state index in [2.05, 4.69) is 50.5 Å². The molecule has 10 heteroatoms. The number of aromatic nitrogens is 1. The molecule has 2 heterocycles. The van der Waals surface area contributed by atoms with Crippen molar-refractivity contribution in [1.29, 1.82) is 0 Å². The molecule has 0 spiro atoms. The van der Waals surface area contributed by atoms with E-state index >= 15 is 0 Å². The number of carbonyl (C=O) groups is 1. The number of para-hydroxylation sites is 1. The quantitative estimate of drug-likeness (QED) is 0.265. The largest absolute Gasteiger partial charge is 0.506 e. The maximum atomic E-state index is 13.9. The molecule has 0 fully saturated rings. The van der Waals surface area contributed by atoms with Crippen molar-refractivity contribution in [2.75, 3.05) is 11.9 Å². The van der Waals surface area contributed by atoms with Gasteiger partial charge in [-0.05, 0) is 113 Å². The average molecular weight is 763 g/mol. The highest BCUT2D eigenvalue weighted by Gasteiger charge is 2.32. The van der Waals surface area contributed by atoms with E-state index in [1.165, 1.54) is 11.3 Å². The molecule has 0 radical (unpaired) electrons. The first kappa shape index (κ1) is 27.6. The van der Waals surface area contributed by atoms with Gasteiger partial charge in [0.15, 0.2) is 4.80 Å². The van der Waals surface area contributed by atoms with Crippen molar-refractivity contribution in [3.8, 4) is 11.5 Å². The zero-order valence-corrected chi connectivity index (χ0v) is 26.1. The van der Waals surface area contributed by atoms with E-state index in [1.54, 1.807) is 17.6 Å². The van der Waals surface area contributed by atoms with Gasteiger partial charge >= 0.3 is 0 Å². The van der Waals surface area contributed by atoms with Crippen LogP contribution in [0.3, 0.4) is 0 Å². The van der Waals surface area contributed by atoms with Crippen LogP contribution in [0.25, 0.3) is 6.08 Å². The van der Waals surface area contributed by atoms with Crippen LogP contribution in [0.1, 0.15) is 31.0 Å². The van der Waals surface area contributed by atoms with Crippen LogP contribution in [0.2, 0.25) is 0 Å². The van der Waals surface area contributed by atoms with Crippen molar-refractivity contribution < 1.29 is 14.6 Å². The third-order valence-electron chi connectivity index (χ3n) is 6.14. The normalized spacial score (nSPS) is 15.1. The highest BCUT2D eigenvalue weighted by atomic mass is 127. The minimum atomic E-state index is -0.678. The van der Waals surface area contributed by atoms with Gasteiger partial charge in [0.25, 0.3) is 11.5 Å². The summed E-state index contributed by atoms with van der Waals surface area (Å²) < 4.78 is 9.08. The molecule has 198 valence electrons. The van der Waals surface area contributed by atoms with Gasteiger partial charge in [0.1, 0.15) is 11.5 Å². The van der Waals surface area contributed by atoms with Gasteiger partial charge in [0.2, 0.25) is 0 Å². The van der Waals surface area contributed by atoms with Crippen LogP contribution < -0.4 is 24.9 Å². The van der Waals surface area contributed by atoms with Crippen molar-refractivity contribution in [3.63, 3.8) is 0 Å². The summed E-state index contributed by atoms with van der Waals surface area (Å²) in [6.07, 6.45) is 1.80. The Morgan fingerprint density at radius 1 is 1.13 bits per heavy atom. The maximum absolute atomic E-state index is 13.9. The molecule has 39 heavy (non-hydrogen) atoms. The molecule has 3 aromatic carbocycles. The van der Waals surface area contributed by atoms with Crippen molar-refractivity contribution in [1.82, 2.24) is 4.57 Å². The maximum Gasteiger partial charge on any atom is 0.271 e. The predicted octanol–water partition coefficient (Wildman–Crippen LogP) is 5.19. The van der Waals surface area contributed by atoms with Gasteiger partial charge in [-0.1, -0.05) is 41.7 Å². The molecule has 1 aliphatic rings. The monoisotopic (exact) mass is 763 g/mol. The Morgan fingerprint density at radius 3 is 2.44 bits per heavy atom. The third kappa shape index (κ3) is 5.68. The number of thiazole rings is 1. The number of benzene rings is 3. The molecule has 4 aromatic rings. The molecule has 0 unspecified atom stereocenters. The zero-order chi connectivity index (χ0) is 27.7. The number of anilines is 1. The van der Waals surface area contributed by atoms with Gasteiger partial charge in [-0.15, -0.1) is 0 Å². The molecule has 5 rings (SSSR count). The molecule has 1 aromatic heterocycles. The van der Waals surface area contributed by atoms with E-state index in [0.717, 1.165) is 11.1 Å². The van der Waals surface area contributed by atoms with E-state index in [0.29, 0.717) is 45.8 Å². The smallest absolute Gasteiger partial charge is 0.271 e. The molecule has 1 amide bonds. The Bertz CT molecular complexity index is 1750. The van der Waals surface area contributed by atoms with E-state index in [1.807, 2.05) is 73.7 Å². The van der Waals surface area contributed by atoms with Crippen LogP contribution in [0, 0.1) is 7.14 Å². The molecule has 0 saturated heterocycles. The summed E-state index contributed by atoms with van der Waals surface area (Å²) in [6, 6.07) is 19.6. The second kappa shape index (κ2) is 11.6. The number of carbonyl (C=O) groups excluding carboxylic acids is 1. The standard InChI is InChI=1S/C29H23I2N3O4S/c1-3-38-20-11-9-18(10-12-20)25-24(27(36)33-19-7-5-4-6-8-19)16(2)32-29-34(25)28(37)23(39-29)15-17-13-21(30)26(35)22(31)14-17/h4-15,25,35H,3H2,1-2H3,(H,33,36)/b23-15-/t25-/m0/s1. The van der Waals surface area contributed by atoms with Crippen LogP contribution in [0.15, 0.2) is 87.8 Å². The predicted molar refractivity (Wildman–Crippen MR) is 170 cm³/mol. The molecule has 2 N–H and O–H groups in total. The fourth-order valence-electron chi connectivity index (χ4n) is 4.38. The van der Waals surface area contributed by atoms with Crippen molar-refractivity contribution in [2.45, 2.75) is 19.9 Å². The van der Waals surface area contributed by atoms with Crippen molar-refractivity contribution >= 4 is 74.2 Å². The number of rotatable bonds is 6. The van der Waals surface area contributed by atoms with Crippen LogP contribution in [0.4, 0.5) is 5.69 Å². The van der Waals surface area contributed by atoms with Gasteiger partial charge in [0, 0.05) is 5.69 Å². The molecular weight excluding hydrogens is 740 g/mol. The molecule has 7 nitrogen and oxygen atoms in total. The fourth-order valence-corrected chi connectivity index (χ4v) is 7.24. The number of hydrogen-bond donors (Lipinski definition) is 2. The average Bonchev–Trinajstić information content (AvgIpc) is 3.21. The number of amides is 1. The lowest BCUT2D eigenvalue weighted by Crippen LogP contribution is -2.40. The van der Waals surface area contributed by atoms with E-state index < -0.39 is 6.04 Å². The topological polar surface area (TPSA) is 92.9 Å². The number of ether oxygens (including phenoxy) is 1. The highest BCUT2D eigenvalue weighted by molar-refractivity contribution is 14.1. The number of phenolic OH excluding ortho intramolecular Hbond substituents is 1. The SMILES string of the molecule is CCOc1ccc([C@H]2C(C(=O)Nc3ccccc3)=C(C)N=c3s/c(=C\c4cc(I)c(O)c(I)c4)c(=O)n32)cc1. The fraction of sp³-hybridized carbons (Fsp3) is 0.138. The summed E-state index contributed by atoms with van der Waals surface area (Å²) in [6.45, 7) is 4.25. The molecule has 1 aliphatic heterocycles. The minimum Gasteiger partial charge on any atom is -0.506 e. The molecule has 0 bridgehead atoms. The first-order valence-electron chi connectivity index (χ1n) is 12.1. The summed E-state index contributed by atoms with van der Waals surface area (Å²) in [4.78, 5) is 32.8. The Labute approximate surface area is 255 Å². The number of nitrogens with zero attached hydrogens (tertiary/aromatic N) is 2. The Balaban J connectivity index is 1.67. The summed E-state index contributed by atoms with van der Waals surface area (Å²) in [5, 5.41) is 13.1. The summed E-state index contributed by atoms with van der Waals surface area (Å²) >= 11 is 5.41. The van der Waals surface area contributed by atoms with Crippen LogP contribution in [-0.2, 0) is 4.79 Å². The number of allylic oxidation sites excluding steroid dienone is 1.